The monoisotopic (exact) mass is 331 g/mol. The summed E-state index contributed by atoms with van der Waals surface area (Å²) in [7, 11) is 0. The molecule has 3 N–H and O–H groups in total. The summed E-state index contributed by atoms with van der Waals surface area (Å²) in [4.78, 5) is 26.9. The fourth-order valence-electron chi connectivity index (χ4n) is 3.45. The molecule has 0 radical (unpaired) electrons. The van der Waals surface area contributed by atoms with Gasteiger partial charge in [0.25, 0.3) is 5.91 Å². The summed E-state index contributed by atoms with van der Waals surface area (Å²) in [6.07, 6.45) is 3.32. The van der Waals surface area contributed by atoms with Crippen molar-refractivity contribution in [3.63, 3.8) is 0 Å². The zero-order valence-corrected chi connectivity index (χ0v) is 13.9. The molecule has 2 aliphatic rings. The Balaban J connectivity index is 1.70. The molecule has 6 heteroatoms. The normalized spacial score (nSPS) is 20.7. The molecule has 0 unspecified atom stereocenters. The Morgan fingerprint density at radius 1 is 1.21 bits per heavy atom. The van der Waals surface area contributed by atoms with Crippen LogP contribution in [0, 0.1) is 0 Å². The van der Waals surface area contributed by atoms with Gasteiger partial charge >= 0.3 is 0 Å². The molecule has 0 spiro atoms. The largest absolute Gasteiger partial charge is 0.381 e. The molecule has 1 aromatic carbocycles. The van der Waals surface area contributed by atoms with E-state index in [1.165, 1.54) is 12.8 Å². The van der Waals surface area contributed by atoms with Crippen LogP contribution in [-0.4, -0.2) is 48.6 Å². The Hall–Kier alpha value is -1.92. The smallest absolute Gasteiger partial charge is 0.252 e. The van der Waals surface area contributed by atoms with Gasteiger partial charge in [0.05, 0.1) is 0 Å². The second kappa shape index (κ2) is 7.32. The number of carbonyl (C=O) groups is 2. The molecule has 2 aliphatic heterocycles. The SMILES string of the molecule is NC(=O)C1(NC(=O)c2cccc(CN3CCCC3)c2)CCOCC1. The Labute approximate surface area is 142 Å². The molecule has 0 bridgehead atoms. The maximum Gasteiger partial charge on any atom is 0.252 e. The Morgan fingerprint density at radius 3 is 2.58 bits per heavy atom. The van der Waals surface area contributed by atoms with E-state index in [2.05, 4.69) is 10.2 Å². The van der Waals surface area contributed by atoms with Gasteiger partial charge in [-0.15, -0.1) is 0 Å². The first-order valence-electron chi connectivity index (χ1n) is 8.60. The number of nitrogens with one attached hydrogen (secondary N) is 1. The zero-order valence-electron chi connectivity index (χ0n) is 13.9. The van der Waals surface area contributed by atoms with E-state index in [1.807, 2.05) is 18.2 Å². The third-order valence-corrected chi connectivity index (χ3v) is 4.96. The van der Waals surface area contributed by atoms with Crippen LogP contribution in [0.4, 0.5) is 0 Å². The second-order valence-corrected chi connectivity index (χ2v) is 6.70. The molecule has 2 heterocycles. The summed E-state index contributed by atoms with van der Waals surface area (Å²) in [5, 5.41) is 2.86. The second-order valence-electron chi connectivity index (χ2n) is 6.70. The van der Waals surface area contributed by atoms with Crippen molar-refractivity contribution in [3.05, 3.63) is 35.4 Å². The van der Waals surface area contributed by atoms with E-state index in [-0.39, 0.29) is 5.91 Å². The summed E-state index contributed by atoms with van der Waals surface area (Å²) < 4.78 is 5.29. The lowest BCUT2D eigenvalue weighted by atomic mass is 9.88. The minimum absolute atomic E-state index is 0.251. The lowest BCUT2D eigenvalue weighted by Gasteiger charge is -2.35. The molecule has 0 saturated carbocycles. The quantitative estimate of drug-likeness (QED) is 0.844. The molecule has 130 valence electrons. The third kappa shape index (κ3) is 3.76. The predicted octanol–water partition coefficient (Wildman–Crippen LogP) is 1.05. The molecule has 2 amide bonds. The van der Waals surface area contributed by atoms with Crippen molar-refractivity contribution in [2.45, 2.75) is 37.8 Å². The Kier molecular flexibility index (Phi) is 5.16. The Bertz CT molecular complexity index is 605. The highest BCUT2D eigenvalue weighted by atomic mass is 16.5. The van der Waals surface area contributed by atoms with Gasteiger partial charge in [0.2, 0.25) is 5.91 Å². The highest BCUT2D eigenvalue weighted by Crippen LogP contribution is 2.21. The van der Waals surface area contributed by atoms with E-state index in [1.54, 1.807) is 6.07 Å². The molecule has 2 fully saturated rings. The van der Waals surface area contributed by atoms with Gasteiger partial charge in [-0.1, -0.05) is 12.1 Å². The number of nitrogens with two attached hydrogens (primary N) is 1. The number of likely N-dealkylation sites (tertiary alicyclic amines) is 1. The lowest BCUT2D eigenvalue weighted by Crippen LogP contribution is -2.60. The van der Waals surface area contributed by atoms with E-state index < -0.39 is 11.4 Å². The van der Waals surface area contributed by atoms with Crippen LogP contribution in [0.2, 0.25) is 0 Å². The van der Waals surface area contributed by atoms with Gasteiger partial charge in [-0.2, -0.15) is 0 Å². The average molecular weight is 331 g/mol. The van der Waals surface area contributed by atoms with Gasteiger partial charge in [-0.3, -0.25) is 14.5 Å². The molecule has 0 aliphatic carbocycles. The van der Waals surface area contributed by atoms with Crippen molar-refractivity contribution in [3.8, 4) is 0 Å². The number of ether oxygens (including phenoxy) is 1. The first kappa shape index (κ1) is 16.9. The van der Waals surface area contributed by atoms with Gasteiger partial charge in [0.1, 0.15) is 5.54 Å². The van der Waals surface area contributed by atoms with Crippen LogP contribution in [0.25, 0.3) is 0 Å². The van der Waals surface area contributed by atoms with Gasteiger partial charge in [-0.05, 0) is 43.6 Å². The van der Waals surface area contributed by atoms with E-state index in [0.29, 0.717) is 31.6 Å². The number of carbonyl (C=O) groups excluding carboxylic acids is 2. The maximum atomic E-state index is 12.6. The van der Waals surface area contributed by atoms with Gasteiger partial charge in [-0.25, -0.2) is 0 Å². The van der Waals surface area contributed by atoms with E-state index in [4.69, 9.17) is 10.5 Å². The van der Waals surface area contributed by atoms with Crippen LogP contribution in [0.3, 0.4) is 0 Å². The molecule has 0 aromatic heterocycles. The molecular formula is C18H25N3O3. The maximum absolute atomic E-state index is 12.6. The van der Waals surface area contributed by atoms with Crippen LogP contribution >= 0.6 is 0 Å². The fraction of sp³-hybridized carbons (Fsp3) is 0.556. The van der Waals surface area contributed by atoms with E-state index >= 15 is 0 Å². The van der Waals surface area contributed by atoms with E-state index in [9.17, 15) is 9.59 Å². The van der Waals surface area contributed by atoms with Crippen molar-refractivity contribution in [1.82, 2.24) is 10.2 Å². The summed E-state index contributed by atoms with van der Waals surface area (Å²) in [5.41, 5.74) is 6.24. The number of hydrogen-bond donors (Lipinski definition) is 2. The van der Waals surface area contributed by atoms with Crippen molar-refractivity contribution >= 4 is 11.8 Å². The molecule has 1 aromatic rings. The first-order valence-corrected chi connectivity index (χ1v) is 8.60. The highest BCUT2D eigenvalue weighted by Gasteiger charge is 2.40. The number of amides is 2. The number of rotatable bonds is 5. The topological polar surface area (TPSA) is 84.7 Å². The van der Waals surface area contributed by atoms with Gasteiger partial charge in [0, 0.05) is 38.2 Å². The van der Waals surface area contributed by atoms with Crippen LogP contribution in [0.5, 0.6) is 0 Å². The molecule has 2 saturated heterocycles. The van der Waals surface area contributed by atoms with Gasteiger partial charge in [0.15, 0.2) is 0 Å². The minimum Gasteiger partial charge on any atom is -0.381 e. The average Bonchev–Trinajstić information content (AvgIpc) is 3.09. The summed E-state index contributed by atoms with van der Waals surface area (Å²) in [6.45, 7) is 3.94. The third-order valence-electron chi connectivity index (χ3n) is 4.96. The molecule has 6 nitrogen and oxygen atoms in total. The molecule has 24 heavy (non-hydrogen) atoms. The molecule has 0 atom stereocenters. The highest BCUT2D eigenvalue weighted by molar-refractivity contribution is 5.99. The number of benzene rings is 1. The summed E-state index contributed by atoms with van der Waals surface area (Å²) >= 11 is 0. The van der Waals surface area contributed by atoms with Crippen LogP contribution in [0.15, 0.2) is 24.3 Å². The van der Waals surface area contributed by atoms with Crippen LogP contribution in [0.1, 0.15) is 41.6 Å². The van der Waals surface area contributed by atoms with Crippen molar-refractivity contribution in [2.24, 2.45) is 5.73 Å². The summed E-state index contributed by atoms with van der Waals surface area (Å²) in [5.74, 6) is -0.744. The summed E-state index contributed by atoms with van der Waals surface area (Å²) in [6, 6.07) is 7.60. The molecular weight excluding hydrogens is 306 g/mol. The first-order chi connectivity index (χ1) is 11.6. The Morgan fingerprint density at radius 2 is 1.92 bits per heavy atom. The number of nitrogens with zero attached hydrogens (tertiary/aromatic N) is 1. The minimum atomic E-state index is -1.000. The van der Waals surface area contributed by atoms with Crippen LogP contribution in [-0.2, 0) is 16.1 Å². The lowest BCUT2D eigenvalue weighted by molar-refractivity contribution is -0.127. The number of hydrogen-bond acceptors (Lipinski definition) is 4. The van der Waals surface area contributed by atoms with Crippen molar-refractivity contribution < 1.29 is 14.3 Å². The zero-order chi connectivity index (χ0) is 17.0. The molecule has 3 rings (SSSR count). The fourth-order valence-corrected chi connectivity index (χ4v) is 3.45. The van der Waals surface area contributed by atoms with Crippen molar-refractivity contribution in [1.29, 1.82) is 0 Å². The van der Waals surface area contributed by atoms with Crippen LogP contribution < -0.4 is 11.1 Å². The van der Waals surface area contributed by atoms with E-state index in [0.717, 1.165) is 25.2 Å². The standard InChI is InChI=1S/C18H25N3O3/c19-17(23)18(6-10-24-11-7-18)20-16(22)15-5-3-4-14(12-15)13-21-8-1-2-9-21/h3-5,12H,1-2,6-11,13H2,(H2,19,23)(H,20,22). The van der Waals surface area contributed by atoms with Crippen molar-refractivity contribution in [2.75, 3.05) is 26.3 Å². The number of primary amides is 1. The van der Waals surface area contributed by atoms with Gasteiger partial charge < -0.3 is 15.8 Å². The predicted molar refractivity (Wildman–Crippen MR) is 90.4 cm³/mol.